The van der Waals surface area contributed by atoms with Gasteiger partial charge in [-0.05, 0) is 6.92 Å². The van der Waals surface area contributed by atoms with Crippen molar-refractivity contribution in [1.29, 1.82) is 0 Å². The lowest BCUT2D eigenvalue weighted by Crippen LogP contribution is -2.36. The Labute approximate surface area is 151 Å². The molecule has 0 saturated heterocycles. The van der Waals surface area contributed by atoms with Gasteiger partial charge in [-0.25, -0.2) is 4.98 Å². The number of thiazole rings is 1. The smallest absolute Gasteiger partial charge is 0.359 e. The summed E-state index contributed by atoms with van der Waals surface area (Å²) in [5.41, 5.74) is -0.114. The van der Waals surface area contributed by atoms with Crippen LogP contribution < -0.4 is 10.6 Å². The summed E-state index contributed by atoms with van der Waals surface area (Å²) in [4.78, 5) is 7.50. The molecule has 0 aliphatic carbocycles. The number of aromatic nitrogens is 2. The van der Waals surface area contributed by atoms with Crippen molar-refractivity contribution >= 4 is 41.3 Å². The second-order valence-corrected chi connectivity index (χ2v) is 5.28. The summed E-state index contributed by atoms with van der Waals surface area (Å²) in [6, 6.07) is 1.77. The minimum Gasteiger partial charge on any atom is -0.359 e. The topological polar surface area (TPSA) is 75.3 Å². The van der Waals surface area contributed by atoms with Crippen LogP contribution in [0.5, 0.6) is 0 Å². The van der Waals surface area contributed by atoms with Crippen LogP contribution in [-0.2, 0) is 19.3 Å². The summed E-state index contributed by atoms with van der Waals surface area (Å²) in [5, 5.41) is 10.9. The molecule has 2 rings (SSSR count). The van der Waals surface area contributed by atoms with Gasteiger partial charge in [-0.15, -0.1) is 35.3 Å². The Morgan fingerprint density at radius 2 is 2.04 bits per heavy atom. The standard InChI is InChI=1S/C12H14F3N5OS.HI/c1-7-3-8(21-20-7)4-17-11(16-2)18-5-10-19-9(6-22-10)12(13,14)15;/h3,6H,4-5H2,1-2H3,(H2,16,17,18);1H. The molecule has 0 amide bonds. The zero-order chi connectivity index (χ0) is 16.2. The molecule has 11 heteroatoms. The maximum atomic E-state index is 12.4. The number of guanidine groups is 1. The van der Waals surface area contributed by atoms with Gasteiger partial charge in [0.05, 0.1) is 18.8 Å². The minimum absolute atomic E-state index is 0. The second-order valence-electron chi connectivity index (χ2n) is 4.34. The van der Waals surface area contributed by atoms with E-state index in [4.69, 9.17) is 4.52 Å². The summed E-state index contributed by atoms with van der Waals surface area (Å²) >= 11 is 0.942. The molecule has 2 N–H and O–H groups in total. The highest BCUT2D eigenvalue weighted by molar-refractivity contribution is 14.0. The van der Waals surface area contributed by atoms with Crippen LogP contribution in [0.2, 0.25) is 0 Å². The van der Waals surface area contributed by atoms with E-state index in [0.717, 1.165) is 22.4 Å². The molecule has 0 fully saturated rings. The molecule has 23 heavy (non-hydrogen) atoms. The van der Waals surface area contributed by atoms with Crippen molar-refractivity contribution in [1.82, 2.24) is 20.8 Å². The molecule has 2 heterocycles. The van der Waals surface area contributed by atoms with E-state index in [1.165, 1.54) is 0 Å². The van der Waals surface area contributed by atoms with Crippen molar-refractivity contribution in [3.63, 3.8) is 0 Å². The molecule has 0 aliphatic heterocycles. The fourth-order valence-corrected chi connectivity index (χ4v) is 2.31. The highest BCUT2D eigenvalue weighted by Gasteiger charge is 2.33. The SMILES string of the molecule is CN=C(NCc1cc(C)no1)NCc1nc(C(F)(F)F)cs1.I. The summed E-state index contributed by atoms with van der Waals surface area (Å²) in [6.45, 7) is 2.32. The number of hydrogen-bond acceptors (Lipinski definition) is 5. The minimum atomic E-state index is -4.42. The second kappa shape index (κ2) is 8.47. The highest BCUT2D eigenvalue weighted by Crippen LogP contribution is 2.29. The number of halogens is 4. The van der Waals surface area contributed by atoms with Crippen LogP contribution in [0, 0.1) is 6.92 Å². The van der Waals surface area contributed by atoms with Gasteiger partial charge in [-0.2, -0.15) is 13.2 Å². The largest absolute Gasteiger partial charge is 0.434 e. The summed E-state index contributed by atoms with van der Waals surface area (Å²) < 4.78 is 42.4. The number of nitrogens with zero attached hydrogens (tertiary/aromatic N) is 3. The molecule has 128 valence electrons. The molecule has 0 aliphatic rings. The van der Waals surface area contributed by atoms with Gasteiger partial charge in [0.1, 0.15) is 5.01 Å². The van der Waals surface area contributed by atoms with Crippen molar-refractivity contribution in [3.8, 4) is 0 Å². The normalized spacial score (nSPS) is 12.0. The summed E-state index contributed by atoms with van der Waals surface area (Å²) in [7, 11) is 1.56. The molecule has 0 bridgehead atoms. The number of alkyl halides is 3. The van der Waals surface area contributed by atoms with Crippen LogP contribution in [0.15, 0.2) is 21.0 Å². The number of rotatable bonds is 4. The van der Waals surface area contributed by atoms with Gasteiger partial charge in [-0.3, -0.25) is 4.99 Å². The van der Waals surface area contributed by atoms with Crippen molar-refractivity contribution in [2.45, 2.75) is 26.2 Å². The zero-order valence-electron chi connectivity index (χ0n) is 12.3. The van der Waals surface area contributed by atoms with Gasteiger partial charge in [-0.1, -0.05) is 5.16 Å². The van der Waals surface area contributed by atoms with E-state index in [1.807, 2.05) is 0 Å². The molecule has 6 nitrogen and oxygen atoms in total. The van der Waals surface area contributed by atoms with Crippen LogP contribution in [0.1, 0.15) is 22.2 Å². The Kier molecular flexibility index (Phi) is 7.25. The van der Waals surface area contributed by atoms with Crippen LogP contribution >= 0.6 is 35.3 Å². The quantitative estimate of drug-likeness (QED) is 0.416. The van der Waals surface area contributed by atoms with Crippen LogP contribution in [0.25, 0.3) is 0 Å². The number of aryl methyl sites for hydroxylation is 1. The summed E-state index contributed by atoms with van der Waals surface area (Å²) in [5.74, 6) is 1.06. The van der Waals surface area contributed by atoms with Crippen molar-refractivity contribution in [2.24, 2.45) is 4.99 Å². The molecular formula is C12H15F3IN5OS. The van der Waals surface area contributed by atoms with Gasteiger partial charge < -0.3 is 15.2 Å². The number of nitrogens with one attached hydrogen (secondary N) is 2. The average Bonchev–Trinajstić information content (AvgIpc) is 3.07. The first-order valence-corrected chi connectivity index (χ1v) is 7.15. The maximum absolute atomic E-state index is 12.4. The Bertz CT molecular complexity index is 655. The molecule has 2 aromatic rings. The molecule has 0 atom stereocenters. The Balaban J connectivity index is 0.00000264. The van der Waals surface area contributed by atoms with Gasteiger partial charge >= 0.3 is 6.18 Å². The molecule has 0 aromatic carbocycles. The Morgan fingerprint density at radius 3 is 2.57 bits per heavy atom. The van der Waals surface area contributed by atoms with Gasteiger partial charge in [0, 0.05) is 18.5 Å². The van der Waals surface area contributed by atoms with E-state index in [-0.39, 0.29) is 30.5 Å². The van der Waals surface area contributed by atoms with Gasteiger partial charge in [0.25, 0.3) is 0 Å². The van der Waals surface area contributed by atoms with Crippen molar-refractivity contribution < 1.29 is 17.7 Å². The molecule has 0 radical (unpaired) electrons. The predicted molar refractivity (Wildman–Crippen MR) is 90.8 cm³/mol. The van der Waals surface area contributed by atoms with Crippen LogP contribution in [0.3, 0.4) is 0 Å². The van der Waals surface area contributed by atoms with Crippen LogP contribution in [-0.4, -0.2) is 23.1 Å². The number of hydrogen-bond donors (Lipinski definition) is 2. The Morgan fingerprint density at radius 1 is 1.35 bits per heavy atom. The van der Waals surface area contributed by atoms with Gasteiger partial charge in [0.15, 0.2) is 17.4 Å². The molecule has 0 spiro atoms. The first-order valence-electron chi connectivity index (χ1n) is 6.27. The fraction of sp³-hybridized carbons (Fsp3) is 0.417. The van der Waals surface area contributed by atoms with E-state index in [0.29, 0.717) is 23.3 Å². The summed E-state index contributed by atoms with van der Waals surface area (Å²) in [6.07, 6.45) is -4.42. The molecule has 0 saturated carbocycles. The monoisotopic (exact) mass is 461 g/mol. The first kappa shape index (κ1) is 19.7. The van der Waals surface area contributed by atoms with E-state index < -0.39 is 11.9 Å². The third-order valence-corrected chi connectivity index (χ3v) is 3.43. The first-order chi connectivity index (χ1) is 10.4. The fourth-order valence-electron chi connectivity index (χ4n) is 1.57. The molecule has 0 unspecified atom stereocenters. The molecule has 2 aromatic heterocycles. The average molecular weight is 461 g/mol. The predicted octanol–water partition coefficient (Wildman–Crippen LogP) is 2.94. The van der Waals surface area contributed by atoms with E-state index in [1.54, 1.807) is 20.0 Å². The number of aliphatic imine (C=N–C) groups is 1. The molecular weight excluding hydrogens is 446 g/mol. The third-order valence-electron chi connectivity index (χ3n) is 2.58. The van der Waals surface area contributed by atoms with E-state index in [9.17, 15) is 13.2 Å². The van der Waals surface area contributed by atoms with Crippen molar-refractivity contribution in [3.05, 3.63) is 33.6 Å². The van der Waals surface area contributed by atoms with E-state index >= 15 is 0 Å². The lowest BCUT2D eigenvalue weighted by atomic mass is 10.4. The van der Waals surface area contributed by atoms with Crippen molar-refractivity contribution in [2.75, 3.05) is 7.05 Å². The van der Waals surface area contributed by atoms with Crippen LogP contribution in [0.4, 0.5) is 13.2 Å². The maximum Gasteiger partial charge on any atom is 0.434 e. The lowest BCUT2D eigenvalue weighted by Gasteiger charge is -2.09. The third kappa shape index (κ3) is 5.97. The lowest BCUT2D eigenvalue weighted by molar-refractivity contribution is -0.140. The zero-order valence-corrected chi connectivity index (χ0v) is 15.4. The Hall–Kier alpha value is -1.37. The highest BCUT2D eigenvalue weighted by atomic mass is 127. The van der Waals surface area contributed by atoms with E-state index in [2.05, 4.69) is 25.8 Å². The van der Waals surface area contributed by atoms with Gasteiger partial charge in [0.2, 0.25) is 0 Å².